The Labute approximate surface area is 102 Å². The van der Waals surface area contributed by atoms with Crippen LogP contribution >= 0.6 is 0 Å². The van der Waals surface area contributed by atoms with E-state index in [2.05, 4.69) is 10.6 Å². The number of nitrogens with one attached hydrogen (secondary N) is 2. The maximum atomic E-state index is 11.5. The van der Waals surface area contributed by atoms with E-state index in [1.807, 2.05) is 11.8 Å². The number of hydrogen-bond donors (Lipinski definition) is 3. The number of likely N-dealkylation sites (tertiary alicyclic amines) is 1. The van der Waals surface area contributed by atoms with E-state index in [4.69, 9.17) is 5.73 Å². The molecule has 0 radical (unpaired) electrons. The first-order valence-corrected chi connectivity index (χ1v) is 6.15. The number of nitrogens with zero attached hydrogens (tertiary/aromatic N) is 1. The van der Waals surface area contributed by atoms with Crippen molar-refractivity contribution in [2.75, 3.05) is 32.7 Å². The number of urea groups is 1. The monoisotopic (exact) mass is 242 g/mol. The lowest BCUT2D eigenvalue weighted by Crippen LogP contribution is -2.44. The highest BCUT2D eigenvalue weighted by Gasteiger charge is 2.23. The third-order valence-electron chi connectivity index (χ3n) is 2.86. The number of nitrogens with two attached hydrogens (primary N) is 1. The lowest BCUT2D eigenvalue weighted by molar-refractivity contribution is -0.120. The van der Waals surface area contributed by atoms with Crippen LogP contribution in [0.2, 0.25) is 0 Å². The molecule has 1 aliphatic rings. The summed E-state index contributed by atoms with van der Waals surface area (Å²) in [6.45, 7) is 5.20. The highest BCUT2D eigenvalue weighted by Crippen LogP contribution is 2.13. The van der Waals surface area contributed by atoms with Crippen LogP contribution in [-0.2, 0) is 4.79 Å². The Kier molecular flexibility index (Phi) is 5.93. The average Bonchev–Trinajstić information content (AvgIpc) is 2.73. The molecule has 1 unspecified atom stereocenters. The van der Waals surface area contributed by atoms with Crippen molar-refractivity contribution in [1.29, 1.82) is 0 Å². The standard InChI is InChI=1S/C11H22N4O2/c1-2-4-13-11(17)14-10(16)8-15-5-3-9(6-12)7-15/h9H,2-8,12H2,1H3,(H2,13,14,16,17). The molecule has 4 N–H and O–H groups in total. The molecule has 1 saturated heterocycles. The first-order chi connectivity index (χ1) is 8.15. The number of imide groups is 1. The Balaban J connectivity index is 2.19. The molecule has 0 bridgehead atoms. The fourth-order valence-electron chi connectivity index (χ4n) is 1.90. The minimum absolute atomic E-state index is 0.253. The molecule has 3 amide bonds. The van der Waals surface area contributed by atoms with Gasteiger partial charge in [-0.25, -0.2) is 4.79 Å². The molecule has 1 aliphatic heterocycles. The van der Waals surface area contributed by atoms with Crippen LogP contribution in [0, 0.1) is 5.92 Å². The van der Waals surface area contributed by atoms with Crippen LogP contribution in [0.25, 0.3) is 0 Å². The van der Waals surface area contributed by atoms with Crippen LogP contribution in [0.3, 0.4) is 0 Å². The summed E-state index contributed by atoms with van der Waals surface area (Å²) in [5.41, 5.74) is 5.57. The van der Waals surface area contributed by atoms with Gasteiger partial charge in [0.1, 0.15) is 0 Å². The van der Waals surface area contributed by atoms with Gasteiger partial charge in [0.05, 0.1) is 6.54 Å². The molecule has 0 aromatic rings. The molecule has 0 saturated carbocycles. The largest absolute Gasteiger partial charge is 0.338 e. The summed E-state index contributed by atoms with van der Waals surface area (Å²) >= 11 is 0. The molecule has 98 valence electrons. The first-order valence-electron chi connectivity index (χ1n) is 6.15. The van der Waals surface area contributed by atoms with Gasteiger partial charge in [-0.15, -0.1) is 0 Å². The van der Waals surface area contributed by atoms with E-state index < -0.39 is 6.03 Å². The molecular weight excluding hydrogens is 220 g/mol. The van der Waals surface area contributed by atoms with E-state index in [1.165, 1.54) is 0 Å². The Morgan fingerprint density at radius 2 is 2.24 bits per heavy atom. The SMILES string of the molecule is CCCNC(=O)NC(=O)CN1CCC(CN)C1. The summed E-state index contributed by atoms with van der Waals surface area (Å²) in [6.07, 6.45) is 1.89. The van der Waals surface area contributed by atoms with Gasteiger partial charge < -0.3 is 11.1 Å². The van der Waals surface area contributed by atoms with Crippen molar-refractivity contribution in [3.63, 3.8) is 0 Å². The van der Waals surface area contributed by atoms with Crippen molar-refractivity contribution in [3.8, 4) is 0 Å². The van der Waals surface area contributed by atoms with Gasteiger partial charge in [0.15, 0.2) is 0 Å². The minimum Gasteiger partial charge on any atom is -0.338 e. The summed E-state index contributed by atoms with van der Waals surface area (Å²) in [4.78, 5) is 24.8. The van der Waals surface area contributed by atoms with Crippen LogP contribution in [0.4, 0.5) is 4.79 Å². The van der Waals surface area contributed by atoms with Gasteiger partial charge in [-0.1, -0.05) is 6.92 Å². The van der Waals surface area contributed by atoms with Crippen LogP contribution < -0.4 is 16.4 Å². The molecule has 0 spiro atoms. The number of rotatable bonds is 5. The van der Waals surface area contributed by atoms with Gasteiger partial charge >= 0.3 is 6.03 Å². The Hall–Kier alpha value is -1.14. The summed E-state index contributed by atoms with van der Waals surface area (Å²) in [6, 6.07) is -0.411. The number of hydrogen-bond acceptors (Lipinski definition) is 4. The van der Waals surface area contributed by atoms with Gasteiger partial charge in [0.2, 0.25) is 5.91 Å². The topological polar surface area (TPSA) is 87.5 Å². The van der Waals surface area contributed by atoms with Crippen molar-refractivity contribution in [2.24, 2.45) is 11.7 Å². The molecule has 6 heteroatoms. The second-order valence-electron chi connectivity index (χ2n) is 4.43. The van der Waals surface area contributed by atoms with E-state index in [1.54, 1.807) is 0 Å². The third kappa shape index (κ3) is 5.14. The predicted octanol–water partition coefficient (Wildman–Crippen LogP) is -0.497. The lowest BCUT2D eigenvalue weighted by atomic mass is 10.1. The first kappa shape index (κ1) is 13.9. The van der Waals surface area contributed by atoms with Gasteiger partial charge in [-0.2, -0.15) is 0 Å². The highest BCUT2D eigenvalue weighted by molar-refractivity contribution is 5.95. The highest BCUT2D eigenvalue weighted by atomic mass is 16.2. The molecule has 0 aromatic heterocycles. The van der Waals surface area contributed by atoms with Gasteiger partial charge in [0, 0.05) is 13.1 Å². The lowest BCUT2D eigenvalue weighted by Gasteiger charge is -2.14. The molecule has 6 nitrogen and oxygen atoms in total. The zero-order valence-electron chi connectivity index (χ0n) is 10.4. The van der Waals surface area contributed by atoms with Gasteiger partial charge in [-0.3, -0.25) is 15.0 Å². The summed E-state index contributed by atoms with van der Waals surface area (Å²) in [5.74, 6) is 0.230. The summed E-state index contributed by atoms with van der Waals surface area (Å²) in [7, 11) is 0. The van der Waals surface area contributed by atoms with Crippen molar-refractivity contribution < 1.29 is 9.59 Å². The van der Waals surface area contributed by atoms with Crippen molar-refractivity contribution >= 4 is 11.9 Å². The van der Waals surface area contributed by atoms with Crippen molar-refractivity contribution in [3.05, 3.63) is 0 Å². The van der Waals surface area contributed by atoms with E-state index in [0.29, 0.717) is 19.0 Å². The second-order valence-corrected chi connectivity index (χ2v) is 4.43. The maximum Gasteiger partial charge on any atom is 0.321 e. The minimum atomic E-state index is -0.411. The van der Waals surface area contributed by atoms with E-state index in [0.717, 1.165) is 25.9 Å². The molecule has 1 heterocycles. The molecular formula is C11H22N4O2. The normalized spacial score (nSPS) is 20.2. The number of amides is 3. The summed E-state index contributed by atoms with van der Waals surface area (Å²) in [5, 5.41) is 4.91. The number of carbonyl (C=O) groups is 2. The molecule has 1 fully saturated rings. The fraction of sp³-hybridized carbons (Fsp3) is 0.818. The third-order valence-corrected chi connectivity index (χ3v) is 2.86. The van der Waals surface area contributed by atoms with Crippen molar-refractivity contribution in [2.45, 2.75) is 19.8 Å². The predicted molar refractivity (Wildman–Crippen MR) is 65.4 cm³/mol. The van der Waals surface area contributed by atoms with E-state index >= 15 is 0 Å². The zero-order valence-corrected chi connectivity index (χ0v) is 10.4. The Morgan fingerprint density at radius 1 is 1.47 bits per heavy atom. The van der Waals surface area contributed by atoms with Crippen LogP contribution in [0.5, 0.6) is 0 Å². The maximum absolute atomic E-state index is 11.5. The zero-order chi connectivity index (χ0) is 12.7. The second kappa shape index (κ2) is 7.24. The average molecular weight is 242 g/mol. The van der Waals surface area contributed by atoms with Gasteiger partial charge in [0.25, 0.3) is 0 Å². The van der Waals surface area contributed by atoms with Crippen LogP contribution in [-0.4, -0.2) is 49.6 Å². The van der Waals surface area contributed by atoms with E-state index in [9.17, 15) is 9.59 Å². The molecule has 17 heavy (non-hydrogen) atoms. The fourth-order valence-corrected chi connectivity index (χ4v) is 1.90. The van der Waals surface area contributed by atoms with Gasteiger partial charge in [-0.05, 0) is 31.8 Å². The molecule has 0 aromatic carbocycles. The quantitative estimate of drug-likeness (QED) is 0.606. The molecule has 1 atom stereocenters. The summed E-state index contributed by atoms with van der Waals surface area (Å²) < 4.78 is 0. The number of carbonyl (C=O) groups excluding carboxylic acids is 2. The Bertz CT molecular complexity index is 270. The Morgan fingerprint density at radius 3 is 2.82 bits per heavy atom. The molecule has 1 rings (SSSR count). The van der Waals surface area contributed by atoms with Crippen molar-refractivity contribution in [1.82, 2.24) is 15.5 Å². The van der Waals surface area contributed by atoms with E-state index in [-0.39, 0.29) is 12.5 Å². The van der Waals surface area contributed by atoms with Crippen LogP contribution in [0.15, 0.2) is 0 Å². The van der Waals surface area contributed by atoms with Crippen LogP contribution in [0.1, 0.15) is 19.8 Å². The smallest absolute Gasteiger partial charge is 0.321 e. The molecule has 0 aliphatic carbocycles.